The highest BCUT2D eigenvalue weighted by molar-refractivity contribution is 5.92. The lowest BCUT2D eigenvalue weighted by Gasteiger charge is -2.36. The molecule has 2 rings (SSSR count). The van der Waals surface area contributed by atoms with E-state index in [2.05, 4.69) is 0 Å². The van der Waals surface area contributed by atoms with Crippen molar-refractivity contribution in [3.05, 3.63) is 28.8 Å². The number of rotatable bonds is 6. The predicted octanol–water partition coefficient (Wildman–Crippen LogP) is 3.33. The Morgan fingerprint density at radius 2 is 1.85 bits per heavy atom. The third-order valence-corrected chi connectivity index (χ3v) is 5.16. The molecule has 0 bridgehead atoms. The van der Waals surface area contributed by atoms with Gasteiger partial charge in [-0.2, -0.15) is 13.2 Å². The van der Waals surface area contributed by atoms with Gasteiger partial charge in [-0.25, -0.2) is 0 Å². The molecule has 1 aliphatic carbocycles. The molecular formula is C19H24F3NO4. The van der Waals surface area contributed by atoms with Crippen LogP contribution in [0.25, 0.3) is 0 Å². The van der Waals surface area contributed by atoms with Crippen molar-refractivity contribution in [2.75, 3.05) is 6.61 Å². The topological polar surface area (TPSA) is 89.6 Å². The van der Waals surface area contributed by atoms with Gasteiger partial charge < -0.3 is 15.6 Å². The molecule has 2 atom stereocenters. The van der Waals surface area contributed by atoms with Gasteiger partial charge in [-0.05, 0) is 55.5 Å². The Morgan fingerprint density at radius 3 is 2.37 bits per heavy atom. The van der Waals surface area contributed by atoms with E-state index in [0.29, 0.717) is 29.5 Å². The predicted molar refractivity (Wildman–Crippen MR) is 92.7 cm³/mol. The lowest BCUT2D eigenvalue weighted by Crippen LogP contribution is -2.58. The Kier molecular flexibility index (Phi) is 6.19. The van der Waals surface area contributed by atoms with E-state index in [-0.39, 0.29) is 24.4 Å². The maximum Gasteiger partial charge on any atom is 0.422 e. The molecule has 1 saturated carbocycles. The smallest absolute Gasteiger partial charge is 0.422 e. The van der Waals surface area contributed by atoms with E-state index < -0.39 is 30.2 Å². The van der Waals surface area contributed by atoms with Crippen LogP contribution in [-0.2, 0) is 16.0 Å². The van der Waals surface area contributed by atoms with Crippen LogP contribution in [0.5, 0.6) is 5.75 Å². The zero-order chi connectivity index (χ0) is 20.4. The molecule has 0 heterocycles. The molecule has 0 aliphatic heterocycles. The molecule has 5 nitrogen and oxygen atoms in total. The molecule has 2 unspecified atom stereocenters. The lowest BCUT2D eigenvalue weighted by atomic mass is 9.70. The summed E-state index contributed by atoms with van der Waals surface area (Å²) in [5, 5.41) is 9.47. The number of nitrogens with two attached hydrogens (primary N) is 1. The van der Waals surface area contributed by atoms with Gasteiger partial charge in [-0.3, -0.25) is 9.59 Å². The number of ketones is 1. The summed E-state index contributed by atoms with van der Waals surface area (Å²) in [5.74, 6) is -2.13. The minimum Gasteiger partial charge on any atom is -0.484 e. The number of halogens is 3. The number of carbonyl (C=O) groups excluding carboxylic acids is 1. The third kappa shape index (κ3) is 5.00. The molecule has 0 amide bonds. The van der Waals surface area contributed by atoms with Crippen molar-refractivity contribution < 1.29 is 32.6 Å². The summed E-state index contributed by atoms with van der Waals surface area (Å²) in [6, 6.07) is 2.91. The fraction of sp³-hybridized carbons (Fsp3) is 0.579. The van der Waals surface area contributed by atoms with Crippen molar-refractivity contribution >= 4 is 11.8 Å². The third-order valence-electron chi connectivity index (χ3n) is 5.16. The Balaban J connectivity index is 2.19. The number of ether oxygens (including phenoxy) is 1. The van der Waals surface area contributed by atoms with Gasteiger partial charge in [0.25, 0.3) is 0 Å². The van der Waals surface area contributed by atoms with Gasteiger partial charge in [0.05, 0.1) is 0 Å². The summed E-state index contributed by atoms with van der Waals surface area (Å²) in [6.45, 7) is 1.98. The summed E-state index contributed by atoms with van der Waals surface area (Å²) >= 11 is 0. The van der Waals surface area contributed by atoms with Gasteiger partial charge >= 0.3 is 12.1 Å². The molecule has 3 N–H and O–H groups in total. The van der Waals surface area contributed by atoms with Crippen LogP contribution >= 0.6 is 0 Å². The zero-order valence-electron chi connectivity index (χ0n) is 15.4. The van der Waals surface area contributed by atoms with Gasteiger partial charge in [0, 0.05) is 12.3 Å². The number of Topliss-reactive ketones (excluding diaryl/α,β-unsaturated/α-hetero) is 1. The molecule has 0 radical (unpaired) electrons. The van der Waals surface area contributed by atoms with Crippen LogP contribution in [0.2, 0.25) is 0 Å². The number of aryl methyl sites for hydroxylation is 2. The fourth-order valence-corrected chi connectivity index (χ4v) is 3.68. The summed E-state index contributed by atoms with van der Waals surface area (Å²) in [5.41, 5.74) is 6.38. The second kappa shape index (κ2) is 7.88. The van der Waals surface area contributed by atoms with Gasteiger partial charge in [0.2, 0.25) is 0 Å². The maximum absolute atomic E-state index is 12.8. The fourth-order valence-electron chi connectivity index (χ4n) is 3.68. The molecule has 1 aromatic rings. The highest BCUT2D eigenvalue weighted by Crippen LogP contribution is 2.34. The molecule has 0 saturated heterocycles. The minimum absolute atomic E-state index is 0.00584. The van der Waals surface area contributed by atoms with E-state index in [9.17, 15) is 27.9 Å². The normalized spacial score (nSPS) is 23.1. The van der Waals surface area contributed by atoms with Crippen LogP contribution in [0.4, 0.5) is 13.2 Å². The summed E-state index contributed by atoms with van der Waals surface area (Å²) in [7, 11) is 0. The Bertz CT molecular complexity index is 709. The van der Waals surface area contributed by atoms with E-state index in [0.717, 1.165) is 6.42 Å². The van der Waals surface area contributed by atoms with Crippen molar-refractivity contribution in [1.29, 1.82) is 0 Å². The number of hydrogen-bond acceptors (Lipinski definition) is 4. The number of alkyl halides is 3. The second-order valence-electron chi connectivity index (χ2n) is 7.23. The molecule has 27 heavy (non-hydrogen) atoms. The molecule has 150 valence electrons. The number of hydrogen-bond donors (Lipinski definition) is 2. The molecule has 0 spiro atoms. The average Bonchev–Trinajstić information content (AvgIpc) is 2.55. The van der Waals surface area contributed by atoms with Crippen LogP contribution in [0.1, 0.15) is 42.4 Å². The molecule has 1 aliphatic rings. The van der Waals surface area contributed by atoms with Crippen molar-refractivity contribution in [1.82, 2.24) is 0 Å². The van der Waals surface area contributed by atoms with Crippen LogP contribution in [-0.4, -0.2) is 35.2 Å². The van der Waals surface area contributed by atoms with Gasteiger partial charge in [-0.1, -0.05) is 12.8 Å². The summed E-state index contributed by atoms with van der Waals surface area (Å²) < 4.78 is 41.7. The monoisotopic (exact) mass is 387 g/mol. The summed E-state index contributed by atoms with van der Waals surface area (Å²) in [6.07, 6.45) is -2.36. The number of aliphatic carboxylic acids is 1. The minimum atomic E-state index is -4.43. The number of carboxylic acids is 1. The summed E-state index contributed by atoms with van der Waals surface area (Å²) in [4.78, 5) is 24.4. The first-order valence-electron chi connectivity index (χ1n) is 8.78. The standard InChI is InChI=1S/C19H24F3NO4/c1-11-7-13(27-10-19(20,21)22)8-12(2)14(11)9-16(24)15-5-3-4-6-18(15,23)17(25)26/h7-8,15H,3-6,9-10,23H2,1-2H3,(H,25,26). The number of carbonyl (C=O) groups is 2. The van der Waals surface area contributed by atoms with Crippen molar-refractivity contribution in [2.45, 2.75) is 57.7 Å². The lowest BCUT2D eigenvalue weighted by molar-refractivity contribution is -0.153. The largest absolute Gasteiger partial charge is 0.484 e. The Labute approximate surface area is 155 Å². The average molecular weight is 387 g/mol. The Hall–Kier alpha value is -2.09. The quantitative estimate of drug-likeness (QED) is 0.782. The molecule has 8 heteroatoms. The van der Waals surface area contributed by atoms with E-state index in [1.165, 1.54) is 12.1 Å². The van der Waals surface area contributed by atoms with E-state index in [1.807, 2.05) is 0 Å². The SMILES string of the molecule is Cc1cc(OCC(F)(F)F)cc(C)c1CC(=O)C1CCCCC1(N)C(=O)O. The van der Waals surface area contributed by atoms with E-state index in [4.69, 9.17) is 10.5 Å². The van der Waals surface area contributed by atoms with Gasteiger partial charge in [-0.15, -0.1) is 0 Å². The molecule has 1 fully saturated rings. The maximum atomic E-state index is 12.8. The van der Waals surface area contributed by atoms with Crippen LogP contribution in [0.3, 0.4) is 0 Å². The molecular weight excluding hydrogens is 363 g/mol. The van der Waals surface area contributed by atoms with Gasteiger partial charge in [0.1, 0.15) is 17.1 Å². The first kappa shape index (κ1) is 21.2. The van der Waals surface area contributed by atoms with Crippen molar-refractivity contribution in [2.24, 2.45) is 11.7 Å². The molecule has 0 aromatic heterocycles. The van der Waals surface area contributed by atoms with Crippen molar-refractivity contribution in [3.8, 4) is 5.75 Å². The number of benzene rings is 1. The zero-order valence-corrected chi connectivity index (χ0v) is 15.4. The van der Waals surface area contributed by atoms with Crippen LogP contribution in [0.15, 0.2) is 12.1 Å². The number of carboxylic acid groups (broad SMARTS) is 1. The molecule has 1 aromatic carbocycles. The second-order valence-corrected chi connectivity index (χ2v) is 7.23. The van der Waals surface area contributed by atoms with Crippen molar-refractivity contribution in [3.63, 3.8) is 0 Å². The highest BCUT2D eigenvalue weighted by Gasteiger charge is 2.47. The Morgan fingerprint density at radius 1 is 1.26 bits per heavy atom. The first-order valence-corrected chi connectivity index (χ1v) is 8.78. The van der Waals surface area contributed by atoms with Crippen LogP contribution in [0, 0.1) is 19.8 Å². The van der Waals surface area contributed by atoms with E-state index >= 15 is 0 Å². The van der Waals surface area contributed by atoms with Gasteiger partial charge in [0.15, 0.2) is 6.61 Å². The first-order chi connectivity index (χ1) is 12.4. The highest BCUT2D eigenvalue weighted by atomic mass is 19.4. The van der Waals surface area contributed by atoms with Crippen LogP contribution < -0.4 is 10.5 Å². The van der Waals surface area contributed by atoms with E-state index in [1.54, 1.807) is 13.8 Å².